The first-order valence-corrected chi connectivity index (χ1v) is 8.73. The van der Waals surface area contributed by atoms with Crippen molar-refractivity contribution < 1.29 is 23.4 Å². The summed E-state index contributed by atoms with van der Waals surface area (Å²) in [5.41, 5.74) is 6.68. The third kappa shape index (κ3) is 2.41. The standard InChI is InChI=1S/C21H14N2O6/c1-25-14-6-10(7-15-19(14)27-9-26-15)16-12(8-22)20(23)29-18-11-4-2-3-5-13(11)28-21(24)17(16)18/h2-7,16H,9,23H2,1H3/t16-/m0/s1. The SMILES string of the molecule is COc1cc([C@H]2C(C#N)=C(N)Oc3c2c(=O)oc2ccccc32)cc2c1OCO2. The summed E-state index contributed by atoms with van der Waals surface area (Å²) >= 11 is 0. The van der Waals surface area contributed by atoms with Crippen molar-refractivity contribution >= 4 is 11.0 Å². The van der Waals surface area contributed by atoms with Crippen LogP contribution < -0.4 is 30.3 Å². The summed E-state index contributed by atoms with van der Waals surface area (Å²) in [6.45, 7) is 0.0510. The van der Waals surface area contributed by atoms with Crippen LogP contribution in [0.25, 0.3) is 11.0 Å². The highest BCUT2D eigenvalue weighted by molar-refractivity contribution is 5.86. The minimum absolute atomic E-state index is 0.0510. The lowest BCUT2D eigenvalue weighted by Gasteiger charge is -2.26. The van der Waals surface area contributed by atoms with Crippen molar-refractivity contribution in [2.24, 2.45) is 5.73 Å². The van der Waals surface area contributed by atoms with Crippen LogP contribution in [0.3, 0.4) is 0 Å². The Kier molecular flexibility index (Phi) is 3.64. The second kappa shape index (κ2) is 6.21. The van der Waals surface area contributed by atoms with Crippen LogP contribution in [0.2, 0.25) is 0 Å². The highest BCUT2D eigenvalue weighted by Gasteiger charge is 2.37. The molecule has 144 valence electrons. The zero-order valence-electron chi connectivity index (χ0n) is 15.2. The summed E-state index contributed by atoms with van der Waals surface area (Å²) in [5, 5.41) is 10.3. The fraction of sp³-hybridized carbons (Fsp3) is 0.143. The van der Waals surface area contributed by atoms with Crippen LogP contribution in [0, 0.1) is 11.3 Å². The smallest absolute Gasteiger partial charge is 0.344 e. The van der Waals surface area contributed by atoms with Crippen molar-refractivity contribution in [1.82, 2.24) is 0 Å². The molecule has 0 saturated carbocycles. The maximum absolute atomic E-state index is 12.9. The number of hydrogen-bond acceptors (Lipinski definition) is 8. The first-order valence-electron chi connectivity index (χ1n) is 8.73. The maximum Gasteiger partial charge on any atom is 0.344 e. The van der Waals surface area contributed by atoms with Gasteiger partial charge in [-0.2, -0.15) is 5.26 Å². The van der Waals surface area contributed by atoms with E-state index in [9.17, 15) is 10.1 Å². The van der Waals surface area contributed by atoms with E-state index in [1.807, 2.05) is 0 Å². The molecule has 3 aromatic rings. The molecule has 1 aromatic heterocycles. The molecule has 8 heteroatoms. The molecular formula is C21H14N2O6. The largest absolute Gasteiger partial charge is 0.493 e. The Morgan fingerprint density at radius 2 is 2.03 bits per heavy atom. The molecule has 2 aliphatic heterocycles. The third-order valence-electron chi connectivity index (χ3n) is 4.99. The minimum atomic E-state index is -0.812. The van der Waals surface area contributed by atoms with E-state index in [0.29, 0.717) is 33.8 Å². The van der Waals surface area contributed by atoms with E-state index in [1.165, 1.54) is 7.11 Å². The van der Waals surface area contributed by atoms with Gasteiger partial charge in [0, 0.05) is 0 Å². The average Bonchev–Trinajstić information content (AvgIpc) is 3.21. The predicted octanol–water partition coefficient (Wildman–Crippen LogP) is 2.75. The minimum Gasteiger partial charge on any atom is -0.493 e. The lowest BCUT2D eigenvalue weighted by Crippen LogP contribution is -2.26. The normalized spacial score (nSPS) is 16.9. The van der Waals surface area contributed by atoms with E-state index in [0.717, 1.165) is 0 Å². The number of fused-ring (bicyclic) bond motifs is 4. The van der Waals surface area contributed by atoms with Crippen LogP contribution in [0.1, 0.15) is 17.0 Å². The van der Waals surface area contributed by atoms with Crippen LogP contribution in [0.4, 0.5) is 0 Å². The van der Waals surface area contributed by atoms with Gasteiger partial charge in [0.1, 0.15) is 17.2 Å². The Balaban J connectivity index is 1.83. The average molecular weight is 390 g/mol. The highest BCUT2D eigenvalue weighted by Crippen LogP contribution is 2.48. The second-order valence-electron chi connectivity index (χ2n) is 6.51. The summed E-state index contributed by atoms with van der Waals surface area (Å²) in [4.78, 5) is 12.9. The zero-order valence-corrected chi connectivity index (χ0v) is 15.2. The number of nitriles is 1. The lowest BCUT2D eigenvalue weighted by atomic mass is 9.83. The fourth-order valence-electron chi connectivity index (χ4n) is 3.72. The fourth-order valence-corrected chi connectivity index (χ4v) is 3.72. The van der Waals surface area contributed by atoms with Crippen molar-refractivity contribution in [3.05, 3.63) is 69.4 Å². The molecule has 0 aliphatic carbocycles. The van der Waals surface area contributed by atoms with Gasteiger partial charge in [-0.1, -0.05) is 12.1 Å². The Morgan fingerprint density at radius 1 is 1.21 bits per heavy atom. The topological polar surface area (TPSA) is 117 Å². The van der Waals surface area contributed by atoms with Crippen molar-refractivity contribution in [1.29, 1.82) is 5.26 Å². The number of allylic oxidation sites excluding steroid dienone is 1. The van der Waals surface area contributed by atoms with E-state index < -0.39 is 11.5 Å². The Bertz CT molecular complexity index is 1300. The Morgan fingerprint density at radius 3 is 2.83 bits per heavy atom. The molecule has 2 aromatic carbocycles. The number of hydrogen-bond donors (Lipinski definition) is 1. The molecule has 0 bridgehead atoms. The monoisotopic (exact) mass is 390 g/mol. The number of methoxy groups -OCH3 is 1. The molecule has 2 aliphatic rings. The van der Waals surface area contributed by atoms with Gasteiger partial charge in [0.25, 0.3) is 0 Å². The van der Waals surface area contributed by atoms with Crippen molar-refractivity contribution in [2.75, 3.05) is 13.9 Å². The Hall–Kier alpha value is -4.12. The van der Waals surface area contributed by atoms with Crippen LogP contribution in [-0.2, 0) is 0 Å². The van der Waals surface area contributed by atoms with Gasteiger partial charge in [0.15, 0.2) is 17.2 Å². The predicted molar refractivity (Wildman–Crippen MR) is 101 cm³/mol. The third-order valence-corrected chi connectivity index (χ3v) is 4.99. The molecule has 1 atom stereocenters. The molecule has 0 saturated heterocycles. The number of ether oxygens (including phenoxy) is 4. The van der Waals surface area contributed by atoms with Crippen LogP contribution in [0.5, 0.6) is 23.0 Å². The molecule has 8 nitrogen and oxygen atoms in total. The molecule has 0 unspecified atom stereocenters. The number of benzene rings is 2. The molecule has 5 rings (SSSR count). The molecule has 29 heavy (non-hydrogen) atoms. The van der Waals surface area contributed by atoms with Crippen LogP contribution in [-0.4, -0.2) is 13.9 Å². The quantitative estimate of drug-likeness (QED) is 0.664. The highest BCUT2D eigenvalue weighted by atomic mass is 16.7. The van der Waals surface area contributed by atoms with E-state index in [4.69, 9.17) is 29.1 Å². The van der Waals surface area contributed by atoms with Gasteiger partial charge in [-0.05, 0) is 29.8 Å². The van der Waals surface area contributed by atoms with Crippen molar-refractivity contribution in [2.45, 2.75) is 5.92 Å². The molecule has 0 spiro atoms. The Labute approximate surface area is 164 Å². The van der Waals surface area contributed by atoms with Gasteiger partial charge in [-0.3, -0.25) is 0 Å². The molecule has 2 N–H and O–H groups in total. The molecule has 0 fully saturated rings. The van der Waals surface area contributed by atoms with Crippen LogP contribution in [0.15, 0.2) is 57.1 Å². The first kappa shape index (κ1) is 17.0. The zero-order chi connectivity index (χ0) is 20.1. The van der Waals surface area contributed by atoms with Gasteiger partial charge in [0.05, 0.1) is 24.0 Å². The number of rotatable bonds is 2. The van der Waals surface area contributed by atoms with Gasteiger partial charge in [0.2, 0.25) is 18.4 Å². The molecule has 0 radical (unpaired) electrons. The summed E-state index contributed by atoms with van der Waals surface area (Å²) in [6, 6.07) is 12.4. The van der Waals surface area contributed by atoms with E-state index in [-0.39, 0.29) is 29.6 Å². The van der Waals surface area contributed by atoms with E-state index in [2.05, 4.69) is 6.07 Å². The van der Waals surface area contributed by atoms with Gasteiger partial charge < -0.3 is 29.1 Å². The molecule has 0 amide bonds. The summed E-state index contributed by atoms with van der Waals surface area (Å²) in [7, 11) is 1.50. The van der Waals surface area contributed by atoms with E-state index in [1.54, 1.807) is 36.4 Å². The number of nitrogens with two attached hydrogens (primary N) is 1. The summed E-state index contributed by atoms with van der Waals surface area (Å²) in [6.07, 6.45) is 0. The van der Waals surface area contributed by atoms with Crippen LogP contribution >= 0.6 is 0 Å². The first-order chi connectivity index (χ1) is 14.1. The van der Waals surface area contributed by atoms with Gasteiger partial charge in [-0.15, -0.1) is 0 Å². The molecular weight excluding hydrogens is 376 g/mol. The lowest BCUT2D eigenvalue weighted by molar-refractivity contribution is 0.171. The van der Waals surface area contributed by atoms with Crippen molar-refractivity contribution in [3.8, 4) is 29.1 Å². The molecule has 3 heterocycles. The maximum atomic E-state index is 12.9. The summed E-state index contributed by atoms with van der Waals surface area (Å²) < 4.78 is 27.5. The second-order valence-corrected chi connectivity index (χ2v) is 6.51. The van der Waals surface area contributed by atoms with Gasteiger partial charge >= 0.3 is 5.63 Å². The summed E-state index contributed by atoms with van der Waals surface area (Å²) in [5.74, 6) is 0.724. The van der Waals surface area contributed by atoms with E-state index >= 15 is 0 Å². The van der Waals surface area contributed by atoms with Gasteiger partial charge in [-0.25, -0.2) is 4.79 Å². The number of para-hydroxylation sites is 1. The van der Waals surface area contributed by atoms with Crippen molar-refractivity contribution in [3.63, 3.8) is 0 Å². The number of nitrogens with zero attached hydrogens (tertiary/aromatic N) is 1.